The van der Waals surface area contributed by atoms with Crippen molar-refractivity contribution in [1.82, 2.24) is 19.6 Å². The van der Waals surface area contributed by atoms with Gasteiger partial charge in [-0.3, -0.25) is 15.0 Å². The third-order valence-corrected chi connectivity index (χ3v) is 4.23. The number of urea groups is 1. The number of aromatic nitrogens is 2. The van der Waals surface area contributed by atoms with Crippen LogP contribution in [0, 0.1) is 6.92 Å². The van der Waals surface area contributed by atoms with E-state index in [1.807, 2.05) is 32.0 Å². The Labute approximate surface area is 144 Å². The Kier molecular flexibility index (Phi) is 4.44. The number of nitrogens with one attached hydrogen (secondary N) is 1. The van der Waals surface area contributed by atoms with Gasteiger partial charge in [-0.25, -0.2) is 9.48 Å². The zero-order chi connectivity index (χ0) is 17.3. The second-order valence-corrected chi connectivity index (χ2v) is 5.98. The maximum atomic E-state index is 12.3. The predicted molar refractivity (Wildman–Crippen MR) is 91.3 cm³/mol. The van der Waals surface area contributed by atoms with Crippen LogP contribution in [0.1, 0.15) is 12.5 Å². The van der Waals surface area contributed by atoms with Crippen molar-refractivity contribution in [2.75, 3.05) is 25.1 Å². The molecule has 1 aromatic heterocycles. The van der Waals surface area contributed by atoms with Gasteiger partial charge in [0.15, 0.2) is 5.82 Å². The summed E-state index contributed by atoms with van der Waals surface area (Å²) in [7, 11) is 0. The van der Waals surface area contributed by atoms with Crippen LogP contribution in [-0.2, 0) is 4.79 Å². The summed E-state index contributed by atoms with van der Waals surface area (Å²) < 4.78 is 1.63. The van der Waals surface area contributed by atoms with Gasteiger partial charge < -0.3 is 4.90 Å². The Bertz CT molecular complexity index is 789. The smallest absolute Gasteiger partial charge is 0.324 e. The van der Waals surface area contributed by atoms with Gasteiger partial charge in [0.2, 0.25) is 5.91 Å². The fourth-order valence-electron chi connectivity index (χ4n) is 2.54. The van der Waals surface area contributed by atoms with Crippen LogP contribution >= 0.6 is 11.6 Å². The molecule has 0 aliphatic carbocycles. The molecule has 0 saturated carbocycles. The van der Waals surface area contributed by atoms with E-state index in [0.717, 1.165) is 11.3 Å². The van der Waals surface area contributed by atoms with Gasteiger partial charge in [0.1, 0.15) is 6.54 Å². The number of rotatable bonds is 3. The number of benzene rings is 1. The fraction of sp³-hybridized carbons (Fsp3) is 0.312. The van der Waals surface area contributed by atoms with Crippen molar-refractivity contribution < 1.29 is 9.59 Å². The largest absolute Gasteiger partial charge is 0.324 e. The van der Waals surface area contributed by atoms with Crippen molar-refractivity contribution in [2.24, 2.45) is 0 Å². The number of carbonyl (C=O) groups is 2. The number of aryl methyl sites for hydroxylation is 1. The number of nitrogens with zero attached hydrogens (tertiary/aromatic N) is 4. The predicted octanol–water partition coefficient (Wildman–Crippen LogP) is 2.49. The monoisotopic (exact) mass is 347 g/mol. The molecule has 1 aliphatic rings. The van der Waals surface area contributed by atoms with E-state index < -0.39 is 0 Å². The first-order chi connectivity index (χ1) is 11.5. The number of anilines is 1. The normalized spacial score (nSPS) is 14.4. The third-order valence-electron chi connectivity index (χ3n) is 3.91. The van der Waals surface area contributed by atoms with Crippen LogP contribution in [-0.4, -0.2) is 51.3 Å². The van der Waals surface area contributed by atoms with Crippen LogP contribution in [0.25, 0.3) is 5.69 Å². The molecule has 0 radical (unpaired) electrons. The number of likely N-dealkylation sites (N-methyl/N-ethyl adjacent to an activating group) is 1. The van der Waals surface area contributed by atoms with Crippen molar-refractivity contribution in [1.29, 1.82) is 0 Å². The Balaban J connectivity index is 1.76. The first kappa shape index (κ1) is 16.3. The highest BCUT2D eigenvalue weighted by molar-refractivity contribution is 6.32. The number of amides is 3. The van der Waals surface area contributed by atoms with E-state index in [0.29, 0.717) is 24.1 Å². The Morgan fingerprint density at radius 1 is 1.38 bits per heavy atom. The molecule has 2 aromatic rings. The van der Waals surface area contributed by atoms with Crippen molar-refractivity contribution in [3.05, 3.63) is 41.0 Å². The van der Waals surface area contributed by atoms with Crippen LogP contribution in [0.15, 0.2) is 30.5 Å². The second kappa shape index (κ2) is 6.52. The molecule has 0 unspecified atom stereocenters. The molecule has 8 heteroatoms. The number of hydrogen-bond acceptors (Lipinski definition) is 3. The maximum Gasteiger partial charge on any atom is 0.324 e. The molecule has 1 aromatic carbocycles. The molecule has 24 heavy (non-hydrogen) atoms. The highest BCUT2D eigenvalue weighted by Crippen LogP contribution is 2.22. The summed E-state index contributed by atoms with van der Waals surface area (Å²) in [5.41, 5.74) is 1.54. The maximum absolute atomic E-state index is 12.3. The molecule has 3 rings (SSSR count). The van der Waals surface area contributed by atoms with Gasteiger partial charge in [0, 0.05) is 18.3 Å². The quantitative estimate of drug-likeness (QED) is 0.927. The molecule has 0 spiro atoms. The average molecular weight is 348 g/mol. The highest BCUT2D eigenvalue weighted by Gasteiger charge is 2.30. The van der Waals surface area contributed by atoms with E-state index in [1.54, 1.807) is 21.8 Å². The topological polar surface area (TPSA) is 70.5 Å². The Hall–Kier alpha value is -2.54. The molecule has 1 fully saturated rings. The summed E-state index contributed by atoms with van der Waals surface area (Å²) in [6, 6.07) is 6.99. The van der Waals surface area contributed by atoms with Gasteiger partial charge in [0.25, 0.3) is 0 Å². The van der Waals surface area contributed by atoms with Crippen LogP contribution in [0.2, 0.25) is 5.02 Å². The summed E-state index contributed by atoms with van der Waals surface area (Å²) in [5.74, 6) is 0.397. The third kappa shape index (κ3) is 3.07. The lowest BCUT2D eigenvalue weighted by molar-refractivity contribution is -0.126. The van der Waals surface area contributed by atoms with E-state index in [2.05, 4.69) is 10.4 Å². The fourth-order valence-corrected chi connectivity index (χ4v) is 2.76. The highest BCUT2D eigenvalue weighted by atomic mass is 35.5. The van der Waals surface area contributed by atoms with E-state index >= 15 is 0 Å². The summed E-state index contributed by atoms with van der Waals surface area (Å²) in [5, 5.41) is 7.72. The lowest BCUT2D eigenvalue weighted by Crippen LogP contribution is -2.34. The van der Waals surface area contributed by atoms with Gasteiger partial charge in [0.05, 0.1) is 17.4 Å². The summed E-state index contributed by atoms with van der Waals surface area (Å²) >= 11 is 6.18. The minimum atomic E-state index is -0.341. The van der Waals surface area contributed by atoms with Crippen molar-refractivity contribution in [3.8, 4) is 5.69 Å². The zero-order valence-electron chi connectivity index (χ0n) is 13.5. The average Bonchev–Trinajstić information content (AvgIpc) is 3.11. The molecule has 0 bridgehead atoms. The lowest BCUT2D eigenvalue weighted by atomic mass is 10.3. The standard InChI is InChI=1S/C16H18ClN5O2/c1-3-20-10-21(9-14(20)23)16(24)18-15-11(2)8-22(19-15)13-7-5-4-6-12(13)17/h4-8H,3,9-10H2,1-2H3,(H,18,19,24). The van der Waals surface area contributed by atoms with E-state index in [1.165, 1.54) is 4.90 Å². The van der Waals surface area contributed by atoms with Gasteiger partial charge in [-0.15, -0.1) is 5.10 Å². The molecule has 0 atom stereocenters. The van der Waals surface area contributed by atoms with Crippen molar-refractivity contribution in [3.63, 3.8) is 0 Å². The van der Waals surface area contributed by atoms with Crippen molar-refractivity contribution in [2.45, 2.75) is 13.8 Å². The lowest BCUT2D eigenvalue weighted by Gasteiger charge is -2.16. The van der Waals surface area contributed by atoms with E-state index in [9.17, 15) is 9.59 Å². The van der Waals surface area contributed by atoms with Gasteiger partial charge in [-0.1, -0.05) is 23.7 Å². The SMILES string of the molecule is CCN1CN(C(=O)Nc2nn(-c3ccccc3Cl)cc2C)CC1=O. The molecule has 1 N–H and O–H groups in total. The number of para-hydroxylation sites is 1. The molecule has 1 saturated heterocycles. The van der Waals surface area contributed by atoms with E-state index in [-0.39, 0.29) is 18.5 Å². The van der Waals surface area contributed by atoms with Crippen LogP contribution < -0.4 is 5.32 Å². The van der Waals surface area contributed by atoms with Crippen LogP contribution in [0.3, 0.4) is 0 Å². The van der Waals surface area contributed by atoms with Crippen LogP contribution in [0.5, 0.6) is 0 Å². The Morgan fingerprint density at radius 3 is 2.79 bits per heavy atom. The Morgan fingerprint density at radius 2 is 2.12 bits per heavy atom. The summed E-state index contributed by atoms with van der Waals surface area (Å²) in [6.07, 6.45) is 1.80. The minimum absolute atomic E-state index is 0.0500. The molecular formula is C16H18ClN5O2. The first-order valence-electron chi connectivity index (χ1n) is 7.64. The minimum Gasteiger partial charge on any atom is -0.324 e. The van der Waals surface area contributed by atoms with Gasteiger partial charge >= 0.3 is 6.03 Å². The summed E-state index contributed by atoms with van der Waals surface area (Å²) in [6.45, 7) is 4.70. The van der Waals surface area contributed by atoms with Gasteiger partial charge in [-0.05, 0) is 26.0 Å². The molecular weight excluding hydrogens is 330 g/mol. The van der Waals surface area contributed by atoms with Gasteiger partial charge in [-0.2, -0.15) is 0 Å². The number of carbonyl (C=O) groups excluding carboxylic acids is 2. The zero-order valence-corrected chi connectivity index (χ0v) is 14.2. The molecule has 7 nitrogen and oxygen atoms in total. The molecule has 2 heterocycles. The van der Waals surface area contributed by atoms with Crippen molar-refractivity contribution >= 4 is 29.4 Å². The number of hydrogen-bond donors (Lipinski definition) is 1. The summed E-state index contributed by atoms with van der Waals surface area (Å²) in [4.78, 5) is 27.2. The number of halogens is 1. The van der Waals surface area contributed by atoms with Crippen LogP contribution in [0.4, 0.5) is 10.6 Å². The molecule has 1 aliphatic heterocycles. The first-order valence-corrected chi connectivity index (χ1v) is 8.02. The van der Waals surface area contributed by atoms with E-state index in [4.69, 9.17) is 11.6 Å². The molecule has 126 valence electrons. The molecule has 3 amide bonds. The second-order valence-electron chi connectivity index (χ2n) is 5.58.